The molecule has 0 aliphatic carbocycles. The van der Waals surface area contributed by atoms with Gasteiger partial charge in [0.1, 0.15) is 5.75 Å². The number of ether oxygens (including phenoxy) is 1. The van der Waals surface area contributed by atoms with Gasteiger partial charge in [0.25, 0.3) is 0 Å². The highest BCUT2D eigenvalue weighted by molar-refractivity contribution is 14.1. The van der Waals surface area contributed by atoms with Crippen LogP contribution in [0.15, 0.2) is 24.3 Å². The predicted octanol–water partition coefficient (Wildman–Crippen LogP) is 4.27. The predicted molar refractivity (Wildman–Crippen MR) is 78.0 cm³/mol. The number of carbonyl (C=O) groups excluding carboxylic acids is 1. The smallest absolute Gasteiger partial charge is 0.317 e. The van der Waals surface area contributed by atoms with Crippen LogP contribution in [0.4, 0.5) is 0 Å². The molecule has 0 fully saturated rings. The number of benzene rings is 1. The van der Waals surface area contributed by atoms with Gasteiger partial charge in [0, 0.05) is 3.57 Å². The van der Waals surface area contributed by atoms with E-state index in [1.807, 2.05) is 38.1 Å². The van der Waals surface area contributed by atoms with Gasteiger partial charge in [-0.15, -0.1) is 0 Å². The minimum Gasteiger partial charge on any atom is -0.426 e. The number of esters is 1. The molecule has 0 aromatic heterocycles. The van der Waals surface area contributed by atoms with Gasteiger partial charge in [-0.25, -0.2) is 0 Å². The van der Waals surface area contributed by atoms with Crippen LogP contribution in [-0.2, 0) is 4.79 Å². The fourth-order valence-electron chi connectivity index (χ4n) is 1.54. The van der Waals surface area contributed by atoms with Crippen molar-refractivity contribution >= 4 is 28.6 Å². The van der Waals surface area contributed by atoms with E-state index < -0.39 is 5.41 Å². The number of hydrogen-bond donors (Lipinski definition) is 0. The summed E-state index contributed by atoms with van der Waals surface area (Å²) in [6.45, 7) is 8.10. The summed E-state index contributed by atoms with van der Waals surface area (Å²) >= 11 is 2.20. The highest BCUT2D eigenvalue weighted by Gasteiger charge is 2.36. The molecule has 1 aromatic rings. The van der Waals surface area contributed by atoms with E-state index in [9.17, 15) is 4.79 Å². The standard InChI is InChI=1S/C14H19IO2/c1-5-14(4,10(2)3)13(16)17-12-8-6-7-11(15)9-12/h6-10H,5H2,1-4H3. The van der Waals surface area contributed by atoms with E-state index in [4.69, 9.17) is 4.74 Å². The summed E-state index contributed by atoms with van der Waals surface area (Å²) in [7, 11) is 0. The summed E-state index contributed by atoms with van der Waals surface area (Å²) in [5, 5.41) is 0. The molecule has 0 aliphatic heterocycles. The molecule has 0 spiro atoms. The molecule has 17 heavy (non-hydrogen) atoms. The first kappa shape index (κ1) is 14.5. The number of halogens is 1. The maximum absolute atomic E-state index is 12.2. The van der Waals surface area contributed by atoms with Gasteiger partial charge in [0.15, 0.2) is 0 Å². The van der Waals surface area contributed by atoms with Gasteiger partial charge in [-0.1, -0.05) is 26.8 Å². The van der Waals surface area contributed by atoms with E-state index in [-0.39, 0.29) is 11.9 Å². The molecule has 1 aromatic carbocycles. The van der Waals surface area contributed by atoms with Crippen molar-refractivity contribution in [1.29, 1.82) is 0 Å². The van der Waals surface area contributed by atoms with Crippen LogP contribution in [0.1, 0.15) is 34.1 Å². The summed E-state index contributed by atoms with van der Waals surface area (Å²) in [4.78, 5) is 12.2. The number of rotatable bonds is 4. The van der Waals surface area contributed by atoms with Crippen molar-refractivity contribution in [1.82, 2.24) is 0 Å². The zero-order valence-electron chi connectivity index (χ0n) is 10.8. The molecule has 2 nitrogen and oxygen atoms in total. The molecule has 1 rings (SSSR count). The first-order valence-corrected chi connectivity index (χ1v) is 6.96. The average Bonchev–Trinajstić information content (AvgIpc) is 2.27. The number of carbonyl (C=O) groups is 1. The fourth-order valence-corrected chi connectivity index (χ4v) is 2.06. The van der Waals surface area contributed by atoms with Crippen LogP contribution in [0.2, 0.25) is 0 Å². The van der Waals surface area contributed by atoms with Crippen LogP contribution < -0.4 is 4.74 Å². The zero-order chi connectivity index (χ0) is 13.1. The van der Waals surface area contributed by atoms with Gasteiger partial charge in [-0.2, -0.15) is 0 Å². The van der Waals surface area contributed by atoms with E-state index in [2.05, 4.69) is 36.4 Å². The lowest BCUT2D eigenvalue weighted by atomic mass is 9.77. The highest BCUT2D eigenvalue weighted by atomic mass is 127. The molecule has 0 amide bonds. The molecule has 94 valence electrons. The van der Waals surface area contributed by atoms with Gasteiger partial charge >= 0.3 is 5.97 Å². The lowest BCUT2D eigenvalue weighted by molar-refractivity contribution is -0.147. The second kappa shape index (κ2) is 5.85. The van der Waals surface area contributed by atoms with Crippen molar-refractivity contribution in [2.75, 3.05) is 0 Å². The average molecular weight is 346 g/mol. The van der Waals surface area contributed by atoms with Crippen molar-refractivity contribution in [3.63, 3.8) is 0 Å². The van der Waals surface area contributed by atoms with Crippen molar-refractivity contribution in [3.05, 3.63) is 27.8 Å². The van der Waals surface area contributed by atoms with Crippen LogP contribution in [0.3, 0.4) is 0 Å². The molecule has 0 bridgehead atoms. The summed E-state index contributed by atoms with van der Waals surface area (Å²) in [5.74, 6) is 0.752. The minimum atomic E-state index is -0.415. The van der Waals surface area contributed by atoms with Gasteiger partial charge in [-0.3, -0.25) is 4.79 Å². The first-order valence-electron chi connectivity index (χ1n) is 5.88. The van der Waals surface area contributed by atoms with Crippen LogP contribution in [0, 0.1) is 14.9 Å². The largest absolute Gasteiger partial charge is 0.426 e. The van der Waals surface area contributed by atoms with E-state index in [0.29, 0.717) is 5.75 Å². The molecule has 0 aliphatic rings. The van der Waals surface area contributed by atoms with Crippen LogP contribution >= 0.6 is 22.6 Å². The molecule has 0 radical (unpaired) electrons. The zero-order valence-corrected chi connectivity index (χ0v) is 12.9. The summed E-state index contributed by atoms with van der Waals surface area (Å²) in [6, 6.07) is 7.55. The van der Waals surface area contributed by atoms with E-state index in [1.165, 1.54) is 0 Å². The van der Waals surface area contributed by atoms with Crippen molar-refractivity contribution < 1.29 is 9.53 Å². The van der Waals surface area contributed by atoms with Gasteiger partial charge in [0.2, 0.25) is 0 Å². The van der Waals surface area contributed by atoms with E-state index >= 15 is 0 Å². The first-order chi connectivity index (χ1) is 7.90. The molecule has 0 saturated heterocycles. The van der Waals surface area contributed by atoms with Crippen molar-refractivity contribution in [2.45, 2.75) is 34.1 Å². The molecule has 0 N–H and O–H groups in total. The quantitative estimate of drug-likeness (QED) is 0.462. The Balaban J connectivity index is 2.85. The Kier molecular flexibility index (Phi) is 4.98. The Hall–Kier alpha value is -0.580. The maximum Gasteiger partial charge on any atom is 0.317 e. The second-order valence-electron chi connectivity index (χ2n) is 4.77. The maximum atomic E-state index is 12.2. The topological polar surface area (TPSA) is 26.3 Å². The van der Waals surface area contributed by atoms with Crippen LogP contribution in [-0.4, -0.2) is 5.97 Å². The Morgan fingerprint density at radius 1 is 1.47 bits per heavy atom. The Morgan fingerprint density at radius 3 is 2.59 bits per heavy atom. The summed E-state index contributed by atoms with van der Waals surface area (Å²) < 4.78 is 6.53. The third-order valence-corrected chi connectivity index (χ3v) is 4.15. The van der Waals surface area contributed by atoms with Crippen molar-refractivity contribution in [3.8, 4) is 5.75 Å². The summed E-state index contributed by atoms with van der Waals surface area (Å²) in [6.07, 6.45) is 0.785. The lowest BCUT2D eigenvalue weighted by Crippen LogP contribution is -2.36. The lowest BCUT2D eigenvalue weighted by Gasteiger charge is -2.29. The normalized spacial score (nSPS) is 14.5. The van der Waals surface area contributed by atoms with E-state index in [0.717, 1.165) is 9.99 Å². The molecular formula is C14H19IO2. The fraction of sp³-hybridized carbons (Fsp3) is 0.500. The van der Waals surface area contributed by atoms with E-state index in [1.54, 1.807) is 0 Å². The molecule has 0 saturated carbocycles. The second-order valence-corrected chi connectivity index (χ2v) is 6.02. The molecule has 1 unspecified atom stereocenters. The van der Waals surface area contributed by atoms with Crippen molar-refractivity contribution in [2.24, 2.45) is 11.3 Å². The monoisotopic (exact) mass is 346 g/mol. The SMILES string of the molecule is CCC(C)(C(=O)Oc1cccc(I)c1)C(C)C. The molecule has 0 heterocycles. The highest BCUT2D eigenvalue weighted by Crippen LogP contribution is 2.32. The third kappa shape index (κ3) is 3.44. The summed E-state index contributed by atoms with van der Waals surface area (Å²) in [5.41, 5.74) is -0.415. The van der Waals surface area contributed by atoms with Crippen LogP contribution in [0.25, 0.3) is 0 Å². The molecule has 1 atom stereocenters. The molecule has 3 heteroatoms. The number of hydrogen-bond acceptors (Lipinski definition) is 2. The third-order valence-electron chi connectivity index (χ3n) is 3.48. The Morgan fingerprint density at radius 2 is 2.12 bits per heavy atom. The molecular weight excluding hydrogens is 327 g/mol. The Bertz CT molecular complexity index is 401. The van der Waals surface area contributed by atoms with Gasteiger partial charge in [-0.05, 0) is 60.1 Å². The van der Waals surface area contributed by atoms with Gasteiger partial charge < -0.3 is 4.74 Å². The minimum absolute atomic E-state index is 0.142. The van der Waals surface area contributed by atoms with Crippen LogP contribution in [0.5, 0.6) is 5.75 Å². The van der Waals surface area contributed by atoms with Gasteiger partial charge in [0.05, 0.1) is 5.41 Å². The Labute approximate surface area is 117 Å².